The Morgan fingerprint density at radius 2 is 2.00 bits per heavy atom. The second-order valence-corrected chi connectivity index (χ2v) is 6.29. The molecule has 0 amide bonds. The molecule has 0 bridgehead atoms. The molecule has 2 atom stereocenters. The molecule has 108 valence electrons. The number of hydrogen-bond acceptors (Lipinski definition) is 4. The van der Waals surface area contributed by atoms with Crippen LogP contribution in [0.2, 0.25) is 0 Å². The number of nitrogens with one attached hydrogen (secondary N) is 1. The smallest absolute Gasteiger partial charge is 0.117 e. The predicted molar refractivity (Wildman–Crippen MR) is 80.2 cm³/mol. The Balaban J connectivity index is 1.72. The van der Waals surface area contributed by atoms with Crippen molar-refractivity contribution in [2.24, 2.45) is 11.8 Å². The molecule has 0 radical (unpaired) electrons. The van der Waals surface area contributed by atoms with Crippen molar-refractivity contribution >= 4 is 11.8 Å². The molecule has 2 rings (SSSR count). The van der Waals surface area contributed by atoms with E-state index in [1.54, 1.807) is 11.8 Å². The van der Waals surface area contributed by atoms with E-state index in [2.05, 4.69) is 23.7 Å². The summed E-state index contributed by atoms with van der Waals surface area (Å²) in [5.74, 6) is 4.12. The van der Waals surface area contributed by atoms with Crippen LogP contribution in [0.3, 0.4) is 0 Å². The standard InChI is InChI=1S/C15H25NO2S/c1-19-11-15-7-6-14(18-15)9-16-8-12-4-2-3-5-13(12)10-17/h6-7,12-13,16-17H,2-5,8-11H2,1H3. The SMILES string of the molecule is CSCc1ccc(CNCC2CCCCC2CO)o1. The fourth-order valence-corrected chi connectivity index (χ4v) is 3.35. The van der Waals surface area contributed by atoms with E-state index < -0.39 is 0 Å². The van der Waals surface area contributed by atoms with Gasteiger partial charge in [-0.2, -0.15) is 11.8 Å². The van der Waals surface area contributed by atoms with Crippen LogP contribution < -0.4 is 5.32 Å². The van der Waals surface area contributed by atoms with Gasteiger partial charge in [0, 0.05) is 6.61 Å². The summed E-state index contributed by atoms with van der Waals surface area (Å²) >= 11 is 1.78. The zero-order chi connectivity index (χ0) is 13.5. The molecule has 1 saturated carbocycles. The summed E-state index contributed by atoms with van der Waals surface area (Å²) in [5.41, 5.74) is 0. The molecule has 1 aliphatic carbocycles. The Morgan fingerprint density at radius 1 is 1.26 bits per heavy atom. The summed E-state index contributed by atoms with van der Waals surface area (Å²) < 4.78 is 5.73. The Hall–Kier alpha value is -0.450. The van der Waals surface area contributed by atoms with Crippen molar-refractivity contribution in [2.45, 2.75) is 38.0 Å². The summed E-state index contributed by atoms with van der Waals surface area (Å²) in [6, 6.07) is 4.12. The Morgan fingerprint density at radius 3 is 2.74 bits per heavy atom. The summed E-state index contributed by atoms with van der Waals surface area (Å²) in [7, 11) is 0. The van der Waals surface area contributed by atoms with Crippen molar-refractivity contribution in [1.82, 2.24) is 5.32 Å². The van der Waals surface area contributed by atoms with Crippen LogP contribution in [-0.4, -0.2) is 24.5 Å². The molecule has 19 heavy (non-hydrogen) atoms. The first kappa shape index (κ1) is 14.9. The number of furan rings is 1. The number of aliphatic hydroxyl groups is 1. The minimum absolute atomic E-state index is 0.338. The van der Waals surface area contributed by atoms with Crippen molar-refractivity contribution < 1.29 is 9.52 Å². The summed E-state index contributed by atoms with van der Waals surface area (Å²) in [4.78, 5) is 0. The van der Waals surface area contributed by atoms with Crippen molar-refractivity contribution in [3.05, 3.63) is 23.7 Å². The third kappa shape index (κ3) is 4.55. The topological polar surface area (TPSA) is 45.4 Å². The van der Waals surface area contributed by atoms with Crippen LogP contribution in [0.25, 0.3) is 0 Å². The van der Waals surface area contributed by atoms with E-state index in [0.717, 1.165) is 30.4 Å². The Kier molecular flexibility index (Phi) is 6.28. The van der Waals surface area contributed by atoms with E-state index in [1.807, 2.05) is 0 Å². The number of aliphatic hydroxyl groups excluding tert-OH is 1. The van der Waals surface area contributed by atoms with E-state index in [9.17, 15) is 5.11 Å². The van der Waals surface area contributed by atoms with Gasteiger partial charge in [0.25, 0.3) is 0 Å². The second-order valence-electron chi connectivity index (χ2n) is 5.42. The largest absolute Gasteiger partial charge is 0.464 e. The molecule has 1 aromatic rings. The molecule has 2 N–H and O–H groups in total. The highest BCUT2D eigenvalue weighted by atomic mass is 32.2. The molecule has 0 aliphatic heterocycles. The average molecular weight is 283 g/mol. The van der Waals surface area contributed by atoms with Gasteiger partial charge in [-0.25, -0.2) is 0 Å². The zero-order valence-corrected chi connectivity index (χ0v) is 12.5. The molecule has 0 saturated heterocycles. The van der Waals surface area contributed by atoms with Gasteiger partial charge in [0.05, 0.1) is 12.3 Å². The number of hydrogen-bond donors (Lipinski definition) is 2. The lowest BCUT2D eigenvalue weighted by Crippen LogP contribution is -2.32. The highest BCUT2D eigenvalue weighted by Gasteiger charge is 2.23. The van der Waals surface area contributed by atoms with Gasteiger partial charge in [-0.3, -0.25) is 0 Å². The van der Waals surface area contributed by atoms with Gasteiger partial charge >= 0.3 is 0 Å². The van der Waals surface area contributed by atoms with Crippen LogP contribution in [0, 0.1) is 11.8 Å². The quantitative estimate of drug-likeness (QED) is 0.807. The fourth-order valence-electron chi connectivity index (χ4n) is 2.91. The van der Waals surface area contributed by atoms with Crippen LogP contribution in [0.1, 0.15) is 37.2 Å². The third-order valence-electron chi connectivity index (χ3n) is 4.01. The maximum Gasteiger partial charge on any atom is 0.117 e. The van der Waals surface area contributed by atoms with Crippen LogP contribution in [0.5, 0.6) is 0 Å². The molecule has 1 aromatic heterocycles. The van der Waals surface area contributed by atoms with E-state index in [1.165, 1.54) is 25.7 Å². The van der Waals surface area contributed by atoms with Crippen LogP contribution in [-0.2, 0) is 12.3 Å². The molecule has 1 aliphatic rings. The highest BCUT2D eigenvalue weighted by molar-refractivity contribution is 7.97. The second kappa shape index (κ2) is 7.98. The van der Waals surface area contributed by atoms with Crippen LogP contribution >= 0.6 is 11.8 Å². The number of rotatable bonds is 7. The first-order valence-electron chi connectivity index (χ1n) is 7.21. The lowest BCUT2D eigenvalue weighted by atomic mass is 9.79. The maximum atomic E-state index is 9.39. The molecule has 0 aromatic carbocycles. The maximum absolute atomic E-state index is 9.39. The average Bonchev–Trinajstić information content (AvgIpc) is 2.87. The lowest BCUT2D eigenvalue weighted by molar-refractivity contribution is 0.132. The molecular formula is C15H25NO2S. The molecular weight excluding hydrogens is 258 g/mol. The molecule has 0 spiro atoms. The molecule has 1 heterocycles. The van der Waals surface area contributed by atoms with Crippen LogP contribution in [0.4, 0.5) is 0 Å². The fraction of sp³-hybridized carbons (Fsp3) is 0.733. The van der Waals surface area contributed by atoms with E-state index >= 15 is 0 Å². The van der Waals surface area contributed by atoms with Gasteiger partial charge in [0.2, 0.25) is 0 Å². The summed E-state index contributed by atoms with van der Waals surface area (Å²) in [6.45, 7) is 2.12. The van der Waals surface area contributed by atoms with Gasteiger partial charge < -0.3 is 14.8 Å². The highest BCUT2D eigenvalue weighted by Crippen LogP contribution is 2.29. The van der Waals surface area contributed by atoms with E-state index in [0.29, 0.717) is 18.4 Å². The van der Waals surface area contributed by atoms with Crippen molar-refractivity contribution in [3.63, 3.8) is 0 Å². The monoisotopic (exact) mass is 283 g/mol. The van der Waals surface area contributed by atoms with Crippen LogP contribution in [0.15, 0.2) is 16.5 Å². The Bertz CT molecular complexity index is 367. The first-order chi connectivity index (χ1) is 9.33. The molecule has 2 unspecified atom stereocenters. The van der Waals surface area contributed by atoms with Gasteiger partial charge in [0.1, 0.15) is 11.5 Å². The lowest BCUT2D eigenvalue weighted by Gasteiger charge is -2.30. The van der Waals surface area contributed by atoms with Crippen molar-refractivity contribution in [1.29, 1.82) is 0 Å². The van der Waals surface area contributed by atoms with Gasteiger partial charge in [-0.1, -0.05) is 12.8 Å². The van der Waals surface area contributed by atoms with Gasteiger partial charge in [0.15, 0.2) is 0 Å². The zero-order valence-electron chi connectivity index (χ0n) is 11.7. The normalized spacial score (nSPS) is 23.7. The minimum Gasteiger partial charge on any atom is -0.464 e. The minimum atomic E-state index is 0.338. The number of thioether (sulfide) groups is 1. The van der Waals surface area contributed by atoms with Gasteiger partial charge in [-0.05, 0) is 49.6 Å². The predicted octanol–water partition coefficient (Wildman–Crippen LogP) is 3.03. The Labute approximate surface area is 120 Å². The summed E-state index contributed by atoms with van der Waals surface area (Å²) in [6.07, 6.45) is 7.09. The van der Waals surface area contributed by atoms with E-state index in [-0.39, 0.29) is 0 Å². The first-order valence-corrected chi connectivity index (χ1v) is 8.61. The van der Waals surface area contributed by atoms with E-state index in [4.69, 9.17) is 4.42 Å². The third-order valence-corrected chi connectivity index (χ3v) is 4.58. The molecule has 4 heteroatoms. The van der Waals surface area contributed by atoms with Crippen molar-refractivity contribution in [3.8, 4) is 0 Å². The molecule has 3 nitrogen and oxygen atoms in total. The van der Waals surface area contributed by atoms with Gasteiger partial charge in [-0.15, -0.1) is 0 Å². The summed E-state index contributed by atoms with van der Waals surface area (Å²) in [5, 5.41) is 12.9. The molecule has 1 fully saturated rings. The van der Waals surface area contributed by atoms with Crippen molar-refractivity contribution in [2.75, 3.05) is 19.4 Å².